The van der Waals surface area contributed by atoms with Gasteiger partial charge in [0.1, 0.15) is 26.4 Å². The molecule has 2 aromatic carbocycles. The monoisotopic (exact) mass is 830 g/mol. The first-order chi connectivity index (χ1) is 28.2. The summed E-state index contributed by atoms with van der Waals surface area (Å²) in [6.45, 7) is 51.7. The van der Waals surface area contributed by atoms with Gasteiger partial charge in [0.15, 0.2) is 23.0 Å². The fraction of sp³-hybridized carbons (Fsp3) is 0.755. The molecule has 2 fully saturated rings. The SMILES string of the molecule is CC.CC.CC.CC.CC.CC.CC.CC.Cc1cc(C)c(C2(C#N)CCC(C)(C)CC2)c2c1OCCO2.Cc1cc(C)c(C2(O)CCC(C)(C)CC2)c2c1OCCO2. The molecule has 2 aromatic rings. The highest BCUT2D eigenvalue weighted by molar-refractivity contribution is 5.60. The Labute approximate surface area is 368 Å². The van der Waals surface area contributed by atoms with Crippen LogP contribution in [0.1, 0.15) is 223 Å². The molecule has 6 rings (SSSR count). The molecule has 0 atom stereocenters. The third-order valence-electron chi connectivity index (χ3n) is 10.4. The second-order valence-electron chi connectivity index (χ2n) is 15.0. The van der Waals surface area contributed by atoms with Crippen molar-refractivity contribution in [3.63, 3.8) is 0 Å². The number of rotatable bonds is 2. The largest absolute Gasteiger partial charge is 0.486 e. The molecule has 0 radical (unpaired) electrons. The van der Waals surface area contributed by atoms with Crippen molar-refractivity contribution in [2.24, 2.45) is 10.8 Å². The van der Waals surface area contributed by atoms with Gasteiger partial charge in [0, 0.05) is 11.1 Å². The van der Waals surface area contributed by atoms with Crippen LogP contribution in [0.2, 0.25) is 0 Å². The van der Waals surface area contributed by atoms with E-state index >= 15 is 0 Å². The van der Waals surface area contributed by atoms with Gasteiger partial charge in [-0.1, -0.05) is 151 Å². The van der Waals surface area contributed by atoms with Gasteiger partial charge in [0.2, 0.25) is 0 Å². The van der Waals surface area contributed by atoms with Gasteiger partial charge < -0.3 is 24.1 Å². The molecule has 2 aliphatic heterocycles. The average Bonchev–Trinajstić information content (AvgIpc) is 3.28. The van der Waals surface area contributed by atoms with E-state index in [-0.39, 0.29) is 0 Å². The maximum Gasteiger partial charge on any atom is 0.167 e. The summed E-state index contributed by atoms with van der Waals surface area (Å²) < 4.78 is 23.5. The van der Waals surface area contributed by atoms with Crippen molar-refractivity contribution < 1.29 is 24.1 Å². The summed E-state index contributed by atoms with van der Waals surface area (Å²) in [6, 6.07) is 6.90. The molecule has 0 unspecified atom stereocenters. The lowest BCUT2D eigenvalue weighted by atomic mass is 9.62. The van der Waals surface area contributed by atoms with Crippen LogP contribution in [0.25, 0.3) is 0 Å². The first kappa shape index (κ1) is 62.7. The van der Waals surface area contributed by atoms with E-state index in [2.05, 4.69) is 59.7 Å². The zero-order valence-electron chi connectivity index (χ0n) is 43.7. The molecule has 0 spiro atoms. The molecule has 6 heteroatoms. The van der Waals surface area contributed by atoms with Gasteiger partial charge in [-0.05, 0) is 112 Å². The van der Waals surface area contributed by atoms with Crippen LogP contribution in [-0.2, 0) is 11.0 Å². The Morgan fingerprint density at radius 3 is 1.02 bits per heavy atom. The third kappa shape index (κ3) is 17.5. The first-order valence-electron chi connectivity index (χ1n) is 24.2. The van der Waals surface area contributed by atoms with Gasteiger partial charge in [-0.2, -0.15) is 5.26 Å². The van der Waals surface area contributed by atoms with Crippen molar-refractivity contribution in [3.05, 3.63) is 45.5 Å². The number of aliphatic hydroxyl groups is 1. The van der Waals surface area contributed by atoms with Gasteiger partial charge in [-0.15, -0.1) is 0 Å². The van der Waals surface area contributed by atoms with Crippen LogP contribution in [0.15, 0.2) is 12.1 Å². The van der Waals surface area contributed by atoms with Gasteiger partial charge in [0.05, 0.1) is 17.1 Å². The molecule has 6 nitrogen and oxygen atoms in total. The molecule has 2 heterocycles. The number of nitriles is 1. The predicted molar refractivity (Wildman–Crippen MR) is 260 cm³/mol. The lowest BCUT2D eigenvalue weighted by Crippen LogP contribution is -2.36. The highest BCUT2D eigenvalue weighted by Gasteiger charge is 2.44. The number of fused-ring (bicyclic) bond motifs is 2. The molecule has 0 amide bonds. The second-order valence-corrected chi connectivity index (χ2v) is 15.0. The van der Waals surface area contributed by atoms with Crippen LogP contribution < -0.4 is 18.9 Å². The van der Waals surface area contributed by atoms with Crippen LogP contribution in [-0.4, -0.2) is 31.5 Å². The second kappa shape index (κ2) is 32.8. The smallest absolute Gasteiger partial charge is 0.167 e. The zero-order chi connectivity index (χ0) is 47.2. The summed E-state index contributed by atoms with van der Waals surface area (Å²) in [5, 5.41) is 21.3. The zero-order valence-corrected chi connectivity index (χ0v) is 43.7. The summed E-state index contributed by atoms with van der Waals surface area (Å²) >= 11 is 0. The van der Waals surface area contributed by atoms with Crippen molar-refractivity contribution in [1.29, 1.82) is 5.26 Å². The number of hydrogen-bond donors (Lipinski definition) is 1. The van der Waals surface area contributed by atoms with E-state index in [1.165, 1.54) is 0 Å². The standard InChI is InChI=1S/C19H25NO2.C18H26O3.8C2H6/c1-13-11-14(2)16-17(22-10-9-21-16)15(13)19(12-20)7-5-18(3,4)6-8-19;1-12-11-13(2)15-16(21-10-9-20-15)14(12)18(19)7-5-17(3,4)6-8-18;8*1-2/h11H,5-10H2,1-4H3;11,19H,5-10H2,1-4H3;8*1-2H3. The number of ether oxygens (including phenoxy) is 4. The van der Waals surface area contributed by atoms with Crippen molar-refractivity contribution in [2.45, 2.75) is 229 Å². The molecule has 0 bridgehead atoms. The summed E-state index contributed by atoms with van der Waals surface area (Å²) in [5.74, 6) is 3.26. The highest BCUT2D eigenvalue weighted by Crippen LogP contribution is 2.54. The highest BCUT2D eigenvalue weighted by atomic mass is 16.6. The minimum absolute atomic E-state index is 0.322. The van der Waals surface area contributed by atoms with Crippen LogP contribution in [0.3, 0.4) is 0 Å². The maximum atomic E-state index is 11.3. The fourth-order valence-electron chi connectivity index (χ4n) is 7.61. The maximum absolute atomic E-state index is 11.3. The molecule has 1 N–H and O–H groups in total. The number of nitrogens with zero attached hydrogens (tertiary/aromatic N) is 1. The summed E-state index contributed by atoms with van der Waals surface area (Å²) in [6.07, 6.45) is 7.59. The quantitative estimate of drug-likeness (QED) is 0.325. The fourth-order valence-corrected chi connectivity index (χ4v) is 7.61. The van der Waals surface area contributed by atoms with Gasteiger partial charge in [-0.25, -0.2) is 0 Å². The Morgan fingerprint density at radius 2 is 0.695 bits per heavy atom. The summed E-state index contributed by atoms with van der Waals surface area (Å²) in [5.41, 5.74) is 5.92. The van der Waals surface area contributed by atoms with E-state index in [1.807, 2.05) is 125 Å². The van der Waals surface area contributed by atoms with Crippen molar-refractivity contribution in [1.82, 2.24) is 0 Å². The van der Waals surface area contributed by atoms with Crippen LogP contribution >= 0.6 is 0 Å². The topological polar surface area (TPSA) is 80.9 Å². The van der Waals surface area contributed by atoms with Crippen LogP contribution in [0.4, 0.5) is 0 Å². The Morgan fingerprint density at radius 1 is 0.424 bits per heavy atom. The molecule has 59 heavy (non-hydrogen) atoms. The third-order valence-corrected chi connectivity index (χ3v) is 10.4. The van der Waals surface area contributed by atoms with Gasteiger partial charge in [-0.3, -0.25) is 0 Å². The number of aryl methyl sites for hydroxylation is 4. The Kier molecular flexibility index (Phi) is 34.9. The lowest BCUT2D eigenvalue weighted by Gasteiger charge is -2.42. The van der Waals surface area contributed by atoms with E-state index in [0.29, 0.717) is 37.3 Å². The minimum atomic E-state index is -0.780. The normalized spacial score (nSPS) is 17.2. The van der Waals surface area contributed by atoms with E-state index in [0.717, 1.165) is 108 Å². The van der Waals surface area contributed by atoms with Crippen molar-refractivity contribution >= 4 is 0 Å². The molecule has 4 aliphatic rings. The molecule has 2 aliphatic carbocycles. The Bertz CT molecular complexity index is 1400. The predicted octanol–water partition coefficient (Wildman–Crippen LogP) is 16.5. The van der Waals surface area contributed by atoms with E-state index in [4.69, 9.17) is 18.9 Å². The molecular formula is C53H99NO5. The lowest BCUT2D eigenvalue weighted by molar-refractivity contribution is -0.0339. The van der Waals surface area contributed by atoms with Gasteiger partial charge >= 0.3 is 0 Å². The Balaban J connectivity index is -0.000000383. The Hall–Kier alpha value is -2.91. The van der Waals surface area contributed by atoms with Crippen molar-refractivity contribution in [3.8, 4) is 29.1 Å². The molecule has 0 saturated heterocycles. The molecule has 2 saturated carbocycles. The molecule has 0 aromatic heterocycles. The van der Waals surface area contributed by atoms with Gasteiger partial charge in [0.25, 0.3) is 0 Å². The molecular weight excluding hydrogens is 731 g/mol. The van der Waals surface area contributed by atoms with Crippen LogP contribution in [0.5, 0.6) is 23.0 Å². The number of benzene rings is 2. The van der Waals surface area contributed by atoms with E-state index in [1.54, 1.807) is 0 Å². The average molecular weight is 830 g/mol. The van der Waals surface area contributed by atoms with Crippen molar-refractivity contribution in [2.75, 3.05) is 26.4 Å². The summed E-state index contributed by atoms with van der Waals surface area (Å²) in [4.78, 5) is 0. The minimum Gasteiger partial charge on any atom is -0.486 e. The molecule has 346 valence electrons. The van der Waals surface area contributed by atoms with E-state index < -0.39 is 11.0 Å². The summed E-state index contributed by atoms with van der Waals surface area (Å²) in [7, 11) is 0. The number of hydrogen-bond acceptors (Lipinski definition) is 6. The first-order valence-corrected chi connectivity index (χ1v) is 24.2. The van der Waals surface area contributed by atoms with E-state index in [9.17, 15) is 10.4 Å². The van der Waals surface area contributed by atoms with Crippen LogP contribution in [0, 0.1) is 49.9 Å².